The molecule has 0 spiro atoms. The van der Waals surface area contributed by atoms with Gasteiger partial charge in [0.1, 0.15) is 0 Å². The van der Waals surface area contributed by atoms with Crippen LogP contribution >= 0.6 is 0 Å². The van der Waals surface area contributed by atoms with Crippen molar-refractivity contribution in [3.8, 4) is 0 Å². The van der Waals surface area contributed by atoms with Gasteiger partial charge in [-0.05, 0) is 35.4 Å². The van der Waals surface area contributed by atoms with E-state index in [0.717, 1.165) is 17.7 Å². The number of methoxy groups -OCH3 is 1. The number of aromatic nitrogens is 1. The molecule has 0 fully saturated rings. The second-order valence-corrected chi connectivity index (χ2v) is 4.83. The van der Waals surface area contributed by atoms with E-state index < -0.39 is 17.6 Å². The van der Waals surface area contributed by atoms with Gasteiger partial charge >= 0.3 is 5.97 Å². The fourth-order valence-corrected chi connectivity index (χ4v) is 2.06. The Morgan fingerprint density at radius 1 is 1.09 bits per heavy atom. The minimum absolute atomic E-state index is 0.0534. The summed E-state index contributed by atoms with van der Waals surface area (Å²) in [5.41, 5.74) is 1.54. The van der Waals surface area contributed by atoms with Crippen LogP contribution < -0.4 is 0 Å². The number of benzene rings is 1. The molecule has 0 aliphatic heterocycles. The standard InChI is InChI=1S/C16H16F2N2O2/c1-22-16(21)11-20(9-12-4-6-19-7-5-12)10-13-2-3-14(17)15(18)8-13/h2-8H,9-11H2,1H3. The molecule has 0 amide bonds. The van der Waals surface area contributed by atoms with Gasteiger partial charge in [0.15, 0.2) is 11.6 Å². The van der Waals surface area contributed by atoms with Crippen molar-refractivity contribution < 1.29 is 18.3 Å². The van der Waals surface area contributed by atoms with Gasteiger partial charge in [0.2, 0.25) is 0 Å². The van der Waals surface area contributed by atoms with E-state index in [4.69, 9.17) is 0 Å². The molecule has 2 rings (SSSR count). The zero-order valence-corrected chi connectivity index (χ0v) is 12.1. The number of carbonyl (C=O) groups is 1. The first-order chi connectivity index (χ1) is 10.6. The Labute approximate surface area is 127 Å². The van der Waals surface area contributed by atoms with Crippen molar-refractivity contribution in [2.45, 2.75) is 13.1 Å². The molecule has 0 atom stereocenters. The average Bonchev–Trinajstić information content (AvgIpc) is 2.51. The molecular formula is C16H16F2N2O2. The monoisotopic (exact) mass is 306 g/mol. The third-order valence-electron chi connectivity index (χ3n) is 3.13. The largest absolute Gasteiger partial charge is 0.468 e. The maximum atomic E-state index is 13.3. The minimum atomic E-state index is -0.903. The predicted octanol–water partition coefficient (Wildman–Crippen LogP) is 2.54. The smallest absolute Gasteiger partial charge is 0.319 e. The minimum Gasteiger partial charge on any atom is -0.468 e. The summed E-state index contributed by atoms with van der Waals surface area (Å²) in [4.78, 5) is 17.2. The third-order valence-corrected chi connectivity index (χ3v) is 3.13. The molecule has 2 aromatic rings. The maximum Gasteiger partial charge on any atom is 0.319 e. The highest BCUT2D eigenvalue weighted by Crippen LogP contribution is 2.13. The van der Waals surface area contributed by atoms with Crippen LogP contribution in [0.25, 0.3) is 0 Å². The van der Waals surface area contributed by atoms with E-state index in [-0.39, 0.29) is 6.54 Å². The first-order valence-corrected chi connectivity index (χ1v) is 6.70. The lowest BCUT2D eigenvalue weighted by Gasteiger charge is -2.21. The van der Waals surface area contributed by atoms with Crippen LogP contribution in [0.2, 0.25) is 0 Å². The molecule has 1 aromatic carbocycles. The Hall–Kier alpha value is -2.34. The molecule has 0 unspecified atom stereocenters. The first kappa shape index (κ1) is 16.0. The molecule has 116 valence electrons. The van der Waals surface area contributed by atoms with E-state index in [1.165, 1.54) is 13.2 Å². The van der Waals surface area contributed by atoms with Gasteiger partial charge in [-0.25, -0.2) is 8.78 Å². The molecule has 4 nitrogen and oxygen atoms in total. The van der Waals surface area contributed by atoms with Crippen molar-refractivity contribution in [1.29, 1.82) is 0 Å². The van der Waals surface area contributed by atoms with E-state index in [9.17, 15) is 13.6 Å². The number of pyridine rings is 1. The Bertz CT molecular complexity index is 635. The summed E-state index contributed by atoms with van der Waals surface area (Å²) in [6, 6.07) is 7.36. The van der Waals surface area contributed by atoms with Gasteiger partial charge in [-0.1, -0.05) is 6.07 Å². The van der Waals surface area contributed by atoms with Crippen LogP contribution in [0.3, 0.4) is 0 Å². The SMILES string of the molecule is COC(=O)CN(Cc1ccncc1)Cc1ccc(F)c(F)c1. The molecule has 22 heavy (non-hydrogen) atoms. The van der Waals surface area contributed by atoms with Crippen molar-refractivity contribution >= 4 is 5.97 Å². The number of hydrogen-bond acceptors (Lipinski definition) is 4. The Kier molecular flexibility index (Phi) is 5.55. The summed E-state index contributed by atoms with van der Waals surface area (Å²) < 4.78 is 30.9. The normalized spacial score (nSPS) is 10.7. The van der Waals surface area contributed by atoms with Crippen molar-refractivity contribution in [2.24, 2.45) is 0 Å². The van der Waals surface area contributed by atoms with Gasteiger partial charge in [-0.15, -0.1) is 0 Å². The first-order valence-electron chi connectivity index (χ1n) is 6.70. The molecule has 0 aliphatic carbocycles. The van der Waals surface area contributed by atoms with Crippen molar-refractivity contribution in [2.75, 3.05) is 13.7 Å². The number of nitrogens with zero attached hydrogens (tertiary/aromatic N) is 2. The fraction of sp³-hybridized carbons (Fsp3) is 0.250. The van der Waals surface area contributed by atoms with E-state index in [2.05, 4.69) is 9.72 Å². The van der Waals surface area contributed by atoms with Crippen LogP contribution in [0.1, 0.15) is 11.1 Å². The topological polar surface area (TPSA) is 42.4 Å². The van der Waals surface area contributed by atoms with Gasteiger partial charge in [0.05, 0.1) is 13.7 Å². The van der Waals surface area contributed by atoms with Crippen molar-refractivity contribution in [3.63, 3.8) is 0 Å². The number of carbonyl (C=O) groups excluding carboxylic acids is 1. The third kappa shape index (κ3) is 4.60. The van der Waals surface area contributed by atoms with E-state index in [1.807, 2.05) is 12.1 Å². The Balaban J connectivity index is 2.12. The molecular weight excluding hydrogens is 290 g/mol. The molecule has 1 aromatic heterocycles. The highest BCUT2D eigenvalue weighted by Gasteiger charge is 2.13. The molecule has 0 saturated carbocycles. The van der Waals surface area contributed by atoms with E-state index in [0.29, 0.717) is 18.7 Å². The molecule has 0 aliphatic rings. The van der Waals surface area contributed by atoms with Gasteiger partial charge in [0, 0.05) is 25.5 Å². The summed E-state index contributed by atoms with van der Waals surface area (Å²) in [6.45, 7) is 0.822. The molecule has 0 saturated heterocycles. The Morgan fingerprint density at radius 2 is 1.77 bits per heavy atom. The predicted molar refractivity (Wildman–Crippen MR) is 76.7 cm³/mol. The van der Waals surface area contributed by atoms with Gasteiger partial charge in [0.25, 0.3) is 0 Å². The summed E-state index contributed by atoms with van der Waals surface area (Å²) >= 11 is 0. The average molecular weight is 306 g/mol. The van der Waals surface area contributed by atoms with Crippen LogP contribution in [0, 0.1) is 11.6 Å². The number of rotatable bonds is 6. The lowest BCUT2D eigenvalue weighted by molar-refractivity contribution is -0.142. The summed E-state index contributed by atoms with van der Waals surface area (Å²) in [5, 5.41) is 0. The van der Waals surface area contributed by atoms with E-state index >= 15 is 0 Å². The van der Waals surface area contributed by atoms with Crippen molar-refractivity contribution in [3.05, 3.63) is 65.5 Å². The lowest BCUT2D eigenvalue weighted by Crippen LogP contribution is -2.29. The van der Waals surface area contributed by atoms with E-state index in [1.54, 1.807) is 17.3 Å². The molecule has 6 heteroatoms. The van der Waals surface area contributed by atoms with Crippen LogP contribution in [0.5, 0.6) is 0 Å². The Morgan fingerprint density at radius 3 is 2.41 bits per heavy atom. The van der Waals surface area contributed by atoms with Crippen molar-refractivity contribution in [1.82, 2.24) is 9.88 Å². The zero-order valence-electron chi connectivity index (χ0n) is 12.1. The number of esters is 1. The summed E-state index contributed by atoms with van der Waals surface area (Å²) in [7, 11) is 1.31. The molecule has 1 heterocycles. The number of ether oxygens (including phenoxy) is 1. The van der Waals surface area contributed by atoms with Crippen LogP contribution in [0.15, 0.2) is 42.7 Å². The quantitative estimate of drug-likeness (QED) is 0.769. The molecule has 0 N–H and O–H groups in total. The van der Waals surface area contributed by atoms with Gasteiger partial charge < -0.3 is 4.74 Å². The summed E-state index contributed by atoms with van der Waals surface area (Å²) in [5.74, 6) is -2.19. The molecule has 0 bridgehead atoms. The second-order valence-electron chi connectivity index (χ2n) is 4.83. The summed E-state index contributed by atoms with van der Waals surface area (Å²) in [6.07, 6.45) is 3.31. The second kappa shape index (κ2) is 7.61. The maximum absolute atomic E-state index is 13.3. The number of hydrogen-bond donors (Lipinski definition) is 0. The highest BCUT2D eigenvalue weighted by atomic mass is 19.2. The van der Waals surface area contributed by atoms with Crippen LogP contribution in [-0.2, 0) is 22.6 Å². The lowest BCUT2D eigenvalue weighted by atomic mass is 10.1. The fourth-order valence-electron chi connectivity index (χ4n) is 2.06. The van der Waals surface area contributed by atoms with Crippen LogP contribution in [-0.4, -0.2) is 29.5 Å². The van der Waals surface area contributed by atoms with Gasteiger partial charge in [-0.2, -0.15) is 0 Å². The van der Waals surface area contributed by atoms with Crippen LogP contribution in [0.4, 0.5) is 8.78 Å². The molecule has 0 radical (unpaired) electrons. The highest BCUT2D eigenvalue weighted by molar-refractivity contribution is 5.71. The van der Waals surface area contributed by atoms with Gasteiger partial charge in [-0.3, -0.25) is 14.7 Å². The zero-order chi connectivity index (χ0) is 15.9. The number of halogens is 2.